The number of benzene rings is 2. The van der Waals surface area contributed by atoms with E-state index in [0.717, 1.165) is 10.6 Å². The Kier molecular flexibility index (Phi) is 5.44. The summed E-state index contributed by atoms with van der Waals surface area (Å²) < 4.78 is 10.6. The van der Waals surface area contributed by atoms with Crippen LogP contribution in [0.25, 0.3) is 22.0 Å². The molecule has 0 unspecified atom stereocenters. The van der Waals surface area contributed by atoms with Gasteiger partial charge < -0.3 is 9.47 Å². The molecule has 0 aliphatic carbocycles. The minimum atomic E-state index is -0.378. The minimum absolute atomic E-state index is 0.151. The van der Waals surface area contributed by atoms with E-state index in [1.165, 1.54) is 16.9 Å². The maximum absolute atomic E-state index is 12.6. The van der Waals surface area contributed by atoms with Crippen molar-refractivity contribution in [2.24, 2.45) is 0 Å². The van der Waals surface area contributed by atoms with Crippen LogP contribution in [0.3, 0.4) is 0 Å². The summed E-state index contributed by atoms with van der Waals surface area (Å²) in [5.74, 6) is 1.47. The van der Waals surface area contributed by atoms with E-state index in [9.17, 15) is 4.79 Å². The number of aryl methyl sites for hydroxylation is 1. The van der Waals surface area contributed by atoms with E-state index in [4.69, 9.17) is 9.47 Å². The van der Waals surface area contributed by atoms with Gasteiger partial charge in [0.25, 0.3) is 5.91 Å². The van der Waals surface area contributed by atoms with Crippen LogP contribution in [0.1, 0.15) is 16.1 Å². The Labute approximate surface area is 176 Å². The summed E-state index contributed by atoms with van der Waals surface area (Å²) in [7, 11) is 3.14. The number of hydrogen-bond acceptors (Lipinski definition) is 7. The van der Waals surface area contributed by atoms with Crippen LogP contribution in [0.15, 0.2) is 47.8 Å². The van der Waals surface area contributed by atoms with Crippen LogP contribution in [-0.4, -0.2) is 40.3 Å². The first-order valence-electron chi connectivity index (χ1n) is 9.06. The van der Waals surface area contributed by atoms with E-state index in [0.29, 0.717) is 28.6 Å². The minimum Gasteiger partial charge on any atom is -0.497 e. The highest BCUT2D eigenvalue weighted by Crippen LogP contribution is 2.31. The molecule has 8 nitrogen and oxygen atoms in total. The highest BCUT2D eigenvalue weighted by atomic mass is 32.1. The van der Waals surface area contributed by atoms with E-state index in [2.05, 4.69) is 25.5 Å². The fourth-order valence-corrected chi connectivity index (χ4v) is 3.61. The Morgan fingerprint density at radius 1 is 1.07 bits per heavy atom. The molecule has 0 radical (unpaired) electrons. The molecule has 0 saturated heterocycles. The predicted molar refractivity (Wildman–Crippen MR) is 115 cm³/mol. The summed E-state index contributed by atoms with van der Waals surface area (Å²) in [6.45, 7) is 2.02. The molecule has 9 heteroatoms. The van der Waals surface area contributed by atoms with Crippen molar-refractivity contribution in [3.8, 4) is 33.5 Å². The van der Waals surface area contributed by atoms with Gasteiger partial charge in [0.05, 0.1) is 19.8 Å². The molecule has 0 aliphatic rings. The quantitative estimate of drug-likeness (QED) is 0.484. The fraction of sp³-hybridized carbons (Fsp3) is 0.143. The van der Waals surface area contributed by atoms with E-state index in [1.807, 2.05) is 31.2 Å². The monoisotopic (exact) mass is 421 g/mol. The molecule has 2 aromatic carbocycles. The molecule has 0 aliphatic heterocycles. The maximum atomic E-state index is 12.6. The molecule has 4 aromatic rings. The van der Waals surface area contributed by atoms with Crippen LogP contribution in [0.5, 0.6) is 11.5 Å². The van der Waals surface area contributed by atoms with Gasteiger partial charge in [-0.2, -0.15) is 4.98 Å². The Morgan fingerprint density at radius 2 is 1.87 bits per heavy atom. The normalized spacial score (nSPS) is 10.6. The first kappa shape index (κ1) is 19.6. The largest absolute Gasteiger partial charge is 0.497 e. The number of nitrogens with one attached hydrogen (secondary N) is 2. The number of nitrogens with zero attached hydrogens (tertiary/aromatic N) is 3. The number of ether oxygens (including phenoxy) is 2. The van der Waals surface area contributed by atoms with Gasteiger partial charge in [0.1, 0.15) is 22.2 Å². The summed E-state index contributed by atoms with van der Waals surface area (Å²) in [6.07, 6.45) is 0. The number of amides is 1. The first-order valence-corrected chi connectivity index (χ1v) is 9.94. The van der Waals surface area contributed by atoms with Crippen molar-refractivity contribution in [3.05, 3.63) is 59.1 Å². The maximum Gasteiger partial charge on any atom is 0.277 e. The number of aromatic amines is 1. The van der Waals surface area contributed by atoms with Crippen molar-refractivity contribution in [1.82, 2.24) is 20.2 Å². The molecule has 2 heterocycles. The van der Waals surface area contributed by atoms with Crippen LogP contribution >= 0.6 is 11.3 Å². The third-order valence-electron chi connectivity index (χ3n) is 4.41. The average molecular weight is 421 g/mol. The van der Waals surface area contributed by atoms with Gasteiger partial charge in [-0.25, -0.2) is 4.98 Å². The van der Waals surface area contributed by atoms with Gasteiger partial charge in [0.15, 0.2) is 5.82 Å². The third kappa shape index (κ3) is 4.01. The van der Waals surface area contributed by atoms with E-state index < -0.39 is 0 Å². The molecule has 0 saturated carbocycles. The zero-order valence-electron chi connectivity index (χ0n) is 16.6. The molecule has 0 atom stereocenters. The number of carbonyl (C=O) groups is 1. The molecule has 0 fully saturated rings. The molecule has 0 bridgehead atoms. The summed E-state index contributed by atoms with van der Waals surface area (Å²) in [6, 6.07) is 13.3. The number of anilines is 1. The van der Waals surface area contributed by atoms with Crippen LogP contribution in [0.2, 0.25) is 0 Å². The summed E-state index contributed by atoms with van der Waals surface area (Å²) >= 11 is 1.41. The first-order chi connectivity index (χ1) is 14.6. The van der Waals surface area contributed by atoms with Gasteiger partial charge in [-0.05, 0) is 19.1 Å². The van der Waals surface area contributed by atoms with Gasteiger partial charge in [-0.3, -0.25) is 15.2 Å². The van der Waals surface area contributed by atoms with Crippen molar-refractivity contribution < 1.29 is 14.3 Å². The number of hydrogen-bond donors (Lipinski definition) is 2. The second-order valence-electron chi connectivity index (χ2n) is 6.43. The highest BCUT2D eigenvalue weighted by molar-refractivity contribution is 7.13. The topological polar surface area (TPSA) is 102 Å². The molecule has 4 rings (SSSR count). The molecule has 2 N–H and O–H groups in total. The molecule has 30 heavy (non-hydrogen) atoms. The number of rotatable bonds is 6. The summed E-state index contributed by atoms with van der Waals surface area (Å²) in [4.78, 5) is 21.3. The second-order valence-corrected chi connectivity index (χ2v) is 7.29. The Balaban J connectivity index is 1.50. The Morgan fingerprint density at radius 3 is 2.60 bits per heavy atom. The molecular formula is C21H19N5O3S. The Bertz CT molecular complexity index is 1180. The molecule has 1 amide bonds. The third-order valence-corrected chi connectivity index (χ3v) is 5.30. The van der Waals surface area contributed by atoms with Gasteiger partial charge in [0, 0.05) is 17.0 Å². The smallest absolute Gasteiger partial charge is 0.277 e. The zero-order chi connectivity index (χ0) is 21.1. The van der Waals surface area contributed by atoms with Crippen molar-refractivity contribution >= 4 is 23.2 Å². The predicted octanol–water partition coefficient (Wildman–Crippen LogP) is 4.17. The van der Waals surface area contributed by atoms with E-state index in [1.54, 1.807) is 37.8 Å². The average Bonchev–Trinajstić information content (AvgIpc) is 3.44. The fourth-order valence-electron chi connectivity index (χ4n) is 2.80. The van der Waals surface area contributed by atoms with Crippen LogP contribution in [-0.2, 0) is 0 Å². The lowest BCUT2D eigenvalue weighted by Gasteiger charge is -2.07. The lowest BCUT2D eigenvalue weighted by atomic mass is 10.2. The van der Waals surface area contributed by atoms with Crippen LogP contribution < -0.4 is 14.8 Å². The SMILES string of the molecule is COc1ccc(-c2nc(NC(=O)c3csc(-c4ccc(C)cc4)n3)n[nH]2)c(OC)c1. The number of aromatic nitrogens is 4. The molecule has 2 aromatic heterocycles. The lowest BCUT2D eigenvalue weighted by Crippen LogP contribution is -2.13. The number of H-pyrrole nitrogens is 1. The van der Waals surface area contributed by atoms with Gasteiger partial charge in [0.2, 0.25) is 5.95 Å². The summed E-state index contributed by atoms with van der Waals surface area (Å²) in [5, 5.41) is 12.0. The lowest BCUT2D eigenvalue weighted by molar-refractivity contribution is 0.102. The van der Waals surface area contributed by atoms with Crippen molar-refractivity contribution in [1.29, 1.82) is 0 Å². The van der Waals surface area contributed by atoms with E-state index >= 15 is 0 Å². The van der Waals surface area contributed by atoms with E-state index in [-0.39, 0.29) is 11.9 Å². The molecule has 0 spiro atoms. The van der Waals surface area contributed by atoms with Gasteiger partial charge in [-0.1, -0.05) is 29.8 Å². The highest BCUT2D eigenvalue weighted by Gasteiger charge is 2.16. The Hall–Kier alpha value is -3.72. The summed E-state index contributed by atoms with van der Waals surface area (Å²) in [5.41, 5.74) is 3.14. The second kappa shape index (κ2) is 8.34. The van der Waals surface area contributed by atoms with Gasteiger partial charge >= 0.3 is 0 Å². The van der Waals surface area contributed by atoms with Crippen molar-refractivity contribution in [2.45, 2.75) is 6.92 Å². The number of methoxy groups -OCH3 is 2. The number of carbonyl (C=O) groups excluding carboxylic acids is 1. The van der Waals surface area contributed by atoms with Crippen molar-refractivity contribution in [2.75, 3.05) is 19.5 Å². The van der Waals surface area contributed by atoms with Crippen LogP contribution in [0, 0.1) is 6.92 Å². The molecular weight excluding hydrogens is 402 g/mol. The van der Waals surface area contributed by atoms with Gasteiger partial charge in [-0.15, -0.1) is 16.4 Å². The zero-order valence-corrected chi connectivity index (χ0v) is 17.4. The number of thiazole rings is 1. The standard InChI is InChI=1S/C21H19N5O3S/c1-12-4-6-13(7-5-12)20-22-16(11-30-20)19(27)24-21-23-18(25-26-21)15-9-8-14(28-2)10-17(15)29-3/h4-11H,1-3H3,(H2,23,24,25,26,27). The molecule has 152 valence electrons. The van der Waals surface area contributed by atoms with Crippen LogP contribution in [0.4, 0.5) is 5.95 Å². The van der Waals surface area contributed by atoms with Crippen molar-refractivity contribution in [3.63, 3.8) is 0 Å².